The lowest BCUT2D eigenvalue weighted by Gasteiger charge is -2.25. The molecule has 6 nitrogen and oxygen atoms in total. The van der Waals surface area contributed by atoms with Crippen molar-refractivity contribution in [3.8, 4) is 0 Å². The predicted molar refractivity (Wildman–Crippen MR) is 110 cm³/mol. The molecule has 152 valence electrons. The van der Waals surface area contributed by atoms with E-state index in [1.54, 1.807) is 0 Å². The van der Waals surface area contributed by atoms with Crippen LogP contribution in [0.25, 0.3) is 0 Å². The van der Waals surface area contributed by atoms with Gasteiger partial charge in [-0.05, 0) is 36.9 Å². The average Bonchev–Trinajstić information content (AvgIpc) is 2.71. The molecule has 0 saturated heterocycles. The Balaban J connectivity index is 0.00000392. The first-order chi connectivity index (χ1) is 13.1. The summed E-state index contributed by atoms with van der Waals surface area (Å²) < 4.78 is 10.6. The van der Waals surface area contributed by atoms with Crippen molar-refractivity contribution in [2.45, 2.75) is 38.0 Å². The van der Waals surface area contributed by atoms with Crippen LogP contribution in [0, 0.1) is 0 Å². The number of nitrogens with two attached hydrogens (primary N) is 2. The molecule has 2 rings (SSSR count). The molecule has 0 unspecified atom stereocenters. The minimum Gasteiger partial charge on any atom is -0.459 e. The largest absolute Gasteiger partial charge is 0.459 e. The molecule has 2 aromatic carbocycles. The summed E-state index contributed by atoms with van der Waals surface area (Å²) in [6.45, 7) is 0.539. The molecule has 4 N–H and O–H groups in total. The molecule has 0 radical (unpaired) electrons. The number of benzene rings is 2. The van der Waals surface area contributed by atoms with Crippen LogP contribution in [0.5, 0.6) is 0 Å². The molecule has 0 aromatic heterocycles. The molecule has 0 bridgehead atoms. The van der Waals surface area contributed by atoms with Gasteiger partial charge in [0.05, 0.1) is 0 Å². The highest BCUT2D eigenvalue weighted by Gasteiger charge is 2.44. The molecule has 0 aliphatic carbocycles. The van der Waals surface area contributed by atoms with Crippen LogP contribution in [0.1, 0.15) is 30.4 Å². The Morgan fingerprint density at radius 3 is 1.61 bits per heavy atom. The van der Waals surface area contributed by atoms with E-state index in [2.05, 4.69) is 0 Å². The van der Waals surface area contributed by atoms with Crippen LogP contribution >= 0.6 is 12.4 Å². The van der Waals surface area contributed by atoms with Crippen LogP contribution in [0.2, 0.25) is 0 Å². The average molecular weight is 407 g/mol. The van der Waals surface area contributed by atoms with Crippen molar-refractivity contribution < 1.29 is 19.1 Å². The molecule has 0 saturated carbocycles. The molecular formula is C21H27ClN2O4. The highest BCUT2D eigenvalue weighted by Crippen LogP contribution is 2.18. The summed E-state index contributed by atoms with van der Waals surface area (Å²) in [5.41, 5.74) is 11.4. The standard InChI is InChI=1S/C21H26N2O4.ClH/c22-14-8-7-13-21(23,19(24)26-15-17-9-3-1-4-10-17)20(25)27-16-18-11-5-2-6-12-18;/h1-6,9-12H,7-8,13-16,22-23H2;1H. The molecule has 0 atom stereocenters. The monoisotopic (exact) mass is 406 g/mol. The van der Waals surface area contributed by atoms with E-state index in [0.29, 0.717) is 19.4 Å². The summed E-state index contributed by atoms with van der Waals surface area (Å²) in [6, 6.07) is 18.4. The van der Waals surface area contributed by atoms with Crippen molar-refractivity contribution in [2.24, 2.45) is 11.5 Å². The summed E-state index contributed by atoms with van der Waals surface area (Å²) in [5, 5.41) is 0. The Morgan fingerprint density at radius 1 is 0.786 bits per heavy atom. The van der Waals surface area contributed by atoms with Gasteiger partial charge in [0.15, 0.2) is 0 Å². The van der Waals surface area contributed by atoms with E-state index in [1.165, 1.54) is 0 Å². The Bertz CT molecular complexity index is 670. The van der Waals surface area contributed by atoms with E-state index >= 15 is 0 Å². The number of hydrogen-bond acceptors (Lipinski definition) is 6. The van der Waals surface area contributed by atoms with Gasteiger partial charge in [-0.2, -0.15) is 0 Å². The summed E-state index contributed by atoms with van der Waals surface area (Å²) in [7, 11) is 0. The number of halogens is 1. The quantitative estimate of drug-likeness (QED) is 0.357. The highest BCUT2D eigenvalue weighted by atomic mass is 35.5. The number of rotatable bonds is 10. The molecule has 0 spiro atoms. The molecule has 0 amide bonds. The minimum absolute atomic E-state index is 0. The SMILES string of the molecule is Cl.NCCCCC(N)(C(=O)OCc1ccccc1)C(=O)OCc1ccccc1. The number of carbonyl (C=O) groups is 2. The summed E-state index contributed by atoms with van der Waals surface area (Å²) in [4.78, 5) is 25.2. The van der Waals surface area contributed by atoms with E-state index in [-0.39, 0.29) is 32.0 Å². The predicted octanol–water partition coefficient (Wildman–Crippen LogP) is 2.72. The zero-order chi connectivity index (χ0) is 19.5. The smallest absolute Gasteiger partial charge is 0.338 e. The van der Waals surface area contributed by atoms with Crippen LogP contribution < -0.4 is 11.5 Å². The third kappa shape index (κ3) is 6.96. The maximum atomic E-state index is 12.6. The normalized spacial score (nSPS) is 10.6. The van der Waals surface area contributed by atoms with E-state index in [9.17, 15) is 9.59 Å². The van der Waals surface area contributed by atoms with Gasteiger partial charge in [-0.15, -0.1) is 12.4 Å². The van der Waals surface area contributed by atoms with Crippen LogP contribution in [0.15, 0.2) is 60.7 Å². The molecular weight excluding hydrogens is 380 g/mol. The minimum atomic E-state index is -1.85. The zero-order valence-electron chi connectivity index (χ0n) is 15.7. The number of esters is 2. The number of ether oxygens (including phenoxy) is 2. The van der Waals surface area contributed by atoms with E-state index in [4.69, 9.17) is 20.9 Å². The van der Waals surface area contributed by atoms with Crippen molar-refractivity contribution in [1.82, 2.24) is 0 Å². The molecule has 2 aromatic rings. The van der Waals surface area contributed by atoms with Crippen LogP contribution in [-0.2, 0) is 32.3 Å². The summed E-state index contributed by atoms with van der Waals surface area (Å²) in [6.07, 6.45) is 1.29. The lowest BCUT2D eigenvalue weighted by Crippen LogP contribution is -2.56. The molecule has 7 heteroatoms. The maximum Gasteiger partial charge on any atom is 0.338 e. The van der Waals surface area contributed by atoms with Crippen molar-refractivity contribution in [3.05, 3.63) is 71.8 Å². The van der Waals surface area contributed by atoms with Gasteiger partial charge in [0.2, 0.25) is 5.54 Å². The van der Waals surface area contributed by atoms with E-state index in [1.807, 2.05) is 60.7 Å². The molecule has 0 heterocycles. The lowest BCUT2D eigenvalue weighted by molar-refractivity contribution is -0.166. The third-order valence-electron chi connectivity index (χ3n) is 4.18. The van der Waals surface area contributed by atoms with Crippen molar-refractivity contribution in [1.29, 1.82) is 0 Å². The fraction of sp³-hybridized carbons (Fsp3) is 0.333. The Kier molecular flexibility index (Phi) is 10.2. The molecule has 0 fully saturated rings. The fourth-order valence-corrected chi connectivity index (χ4v) is 2.54. The highest BCUT2D eigenvalue weighted by molar-refractivity contribution is 6.04. The van der Waals surface area contributed by atoms with Crippen LogP contribution in [0.4, 0.5) is 0 Å². The second kappa shape index (κ2) is 12.1. The maximum absolute atomic E-state index is 12.6. The van der Waals surface area contributed by atoms with Crippen molar-refractivity contribution in [2.75, 3.05) is 6.54 Å². The number of unbranched alkanes of at least 4 members (excludes halogenated alkanes) is 1. The molecule has 0 aliphatic heterocycles. The van der Waals surface area contributed by atoms with Crippen LogP contribution in [-0.4, -0.2) is 24.0 Å². The number of carbonyl (C=O) groups excluding carboxylic acids is 2. The first kappa shape index (κ1) is 23.6. The first-order valence-corrected chi connectivity index (χ1v) is 8.97. The second-order valence-corrected chi connectivity index (χ2v) is 6.34. The van der Waals surface area contributed by atoms with Gasteiger partial charge < -0.3 is 20.9 Å². The van der Waals surface area contributed by atoms with Gasteiger partial charge in [0.1, 0.15) is 13.2 Å². The Labute approximate surface area is 171 Å². The van der Waals surface area contributed by atoms with Gasteiger partial charge in [0, 0.05) is 0 Å². The Morgan fingerprint density at radius 2 is 1.21 bits per heavy atom. The summed E-state index contributed by atoms with van der Waals surface area (Å²) >= 11 is 0. The van der Waals surface area contributed by atoms with Crippen LogP contribution in [0.3, 0.4) is 0 Å². The third-order valence-corrected chi connectivity index (χ3v) is 4.18. The van der Waals surface area contributed by atoms with Gasteiger partial charge in [0.25, 0.3) is 0 Å². The van der Waals surface area contributed by atoms with E-state index in [0.717, 1.165) is 11.1 Å². The van der Waals surface area contributed by atoms with Crippen molar-refractivity contribution in [3.63, 3.8) is 0 Å². The lowest BCUT2D eigenvalue weighted by atomic mass is 9.93. The van der Waals surface area contributed by atoms with Gasteiger partial charge in [-0.25, -0.2) is 9.59 Å². The fourth-order valence-electron chi connectivity index (χ4n) is 2.54. The summed E-state index contributed by atoms with van der Waals surface area (Å²) in [5.74, 6) is -1.58. The number of hydrogen-bond donors (Lipinski definition) is 2. The second-order valence-electron chi connectivity index (χ2n) is 6.34. The molecule has 28 heavy (non-hydrogen) atoms. The van der Waals surface area contributed by atoms with Gasteiger partial charge >= 0.3 is 11.9 Å². The first-order valence-electron chi connectivity index (χ1n) is 8.97. The van der Waals surface area contributed by atoms with Crippen molar-refractivity contribution >= 4 is 24.3 Å². The van der Waals surface area contributed by atoms with Gasteiger partial charge in [-0.3, -0.25) is 0 Å². The van der Waals surface area contributed by atoms with E-state index < -0.39 is 17.5 Å². The molecule has 0 aliphatic rings. The topological polar surface area (TPSA) is 105 Å². The van der Waals surface area contributed by atoms with Gasteiger partial charge in [-0.1, -0.05) is 60.7 Å². The Hall–Kier alpha value is -2.41. The zero-order valence-corrected chi connectivity index (χ0v) is 16.5.